The topological polar surface area (TPSA) is 85.6 Å². The summed E-state index contributed by atoms with van der Waals surface area (Å²) in [6.07, 6.45) is 2.33. The predicted molar refractivity (Wildman–Crippen MR) is 98.5 cm³/mol. The first-order valence-electron chi connectivity index (χ1n) is 8.57. The Balaban J connectivity index is 1.76. The zero-order valence-corrected chi connectivity index (χ0v) is 15.4. The number of nitrogens with zero attached hydrogens (tertiary/aromatic N) is 5. The van der Waals surface area contributed by atoms with E-state index >= 15 is 0 Å². The van der Waals surface area contributed by atoms with Gasteiger partial charge in [-0.3, -0.25) is 9.48 Å². The van der Waals surface area contributed by atoms with Crippen LogP contribution in [0.1, 0.15) is 47.6 Å². The highest BCUT2D eigenvalue weighted by atomic mass is 16.1. The number of carbonyl (C=O) groups excluding carboxylic acids is 1. The van der Waals surface area contributed by atoms with Crippen molar-refractivity contribution in [2.75, 3.05) is 0 Å². The second-order valence-corrected chi connectivity index (χ2v) is 6.16. The largest absolute Gasteiger partial charge is 0.342 e. The van der Waals surface area contributed by atoms with Crippen molar-refractivity contribution in [1.82, 2.24) is 30.0 Å². The van der Waals surface area contributed by atoms with Gasteiger partial charge >= 0.3 is 0 Å². The van der Waals surface area contributed by atoms with Crippen molar-refractivity contribution in [1.29, 1.82) is 0 Å². The molecule has 1 amide bonds. The van der Waals surface area contributed by atoms with E-state index in [1.165, 1.54) is 6.33 Å². The van der Waals surface area contributed by atoms with Crippen molar-refractivity contribution in [3.05, 3.63) is 59.6 Å². The third kappa shape index (κ3) is 3.77. The second kappa shape index (κ2) is 7.43. The van der Waals surface area contributed by atoms with Crippen molar-refractivity contribution in [2.24, 2.45) is 7.05 Å². The molecule has 26 heavy (non-hydrogen) atoms. The van der Waals surface area contributed by atoms with E-state index in [9.17, 15) is 4.79 Å². The maximum Gasteiger partial charge on any atom is 0.251 e. The predicted octanol–water partition coefficient (Wildman–Crippen LogP) is 2.63. The lowest BCUT2D eigenvalue weighted by atomic mass is 10.1. The first-order valence-corrected chi connectivity index (χ1v) is 8.57. The van der Waals surface area contributed by atoms with Gasteiger partial charge in [-0.1, -0.05) is 19.1 Å². The Morgan fingerprint density at radius 3 is 2.58 bits per heavy atom. The van der Waals surface area contributed by atoms with E-state index in [1.807, 2.05) is 32.0 Å². The zero-order chi connectivity index (χ0) is 18.7. The minimum atomic E-state index is -0.230. The molecule has 2 aromatic heterocycles. The second-order valence-electron chi connectivity index (χ2n) is 6.16. The molecule has 1 atom stereocenters. The van der Waals surface area contributed by atoms with Crippen molar-refractivity contribution in [3.8, 4) is 11.3 Å². The van der Waals surface area contributed by atoms with Gasteiger partial charge in [-0.05, 0) is 38.5 Å². The van der Waals surface area contributed by atoms with Gasteiger partial charge in [0.05, 0.1) is 11.7 Å². The molecule has 7 heteroatoms. The number of hydrogen-bond acceptors (Lipinski definition) is 5. The van der Waals surface area contributed by atoms with Crippen molar-refractivity contribution < 1.29 is 4.79 Å². The SMILES string of the molecule is CCc1cc(-c2ccc(C(=O)NC(C)c3ncnn3C)cc2)nc(C)n1. The fourth-order valence-electron chi connectivity index (χ4n) is 2.79. The van der Waals surface area contributed by atoms with Gasteiger partial charge in [-0.15, -0.1) is 0 Å². The molecule has 3 rings (SSSR count). The number of aryl methyl sites for hydroxylation is 3. The molecule has 0 aliphatic heterocycles. The van der Waals surface area contributed by atoms with E-state index in [2.05, 4.69) is 32.3 Å². The number of hydrogen-bond donors (Lipinski definition) is 1. The Kier molecular flexibility index (Phi) is 5.06. The van der Waals surface area contributed by atoms with Crippen LogP contribution in [0, 0.1) is 6.92 Å². The quantitative estimate of drug-likeness (QED) is 0.764. The van der Waals surface area contributed by atoms with Crippen molar-refractivity contribution in [2.45, 2.75) is 33.2 Å². The molecular formula is C19H22N6O. The van der Waals surface area contributed by atoms with Gasteiger partial charge in [-0.2, -0.15) is 5.10 Å². The van der Waals surface area contributed by atoms with Gasteiger partial charge in [0.2, 0.25) is 0 Å². The number of amides is 1. The Labute approximate surface area is 152 Å². The molecule has 0 aliphatic carbocycles. The van der Waals surface area contributed by atoms with Crippen LogP contribution in [0.2, 0.25) is 0 Å². The van der Waals surface area contributed by atoms with Crippen LogP contribution in [0.25, 0.3) is 11.3 Å². The van der Waals surface area contributed by atoms with E-state index < -0.39 is 0 Å². The molecule has 0 fully saturated rings. The molecule has 1 aromatic carbocycles. The van der Waals surface area contributed by atoms with Crippen LogP contribution in [0.3, 0.4) is 0 Å². The molecule has 134 valence electrons. The summed E-state index contributed by atoms with van der Waals surface area (Å²) in [4.78, 5) is 25.5. The highest BCUT2D eigenvalue weighted by molar-refractivity contribution is 5.94. The minimum Gasteiger partial charge on any atom is -0.342 e. The number of benzene rings is 1. The van der Waals surface area contributed by atoms with Gasteiger partial charge in [0.25, 0.3) is 5.91 Å². The summed E-state index contributed by atoms with van der Waals surface area (Å²) in [6.45, 7) is 5.84. The fourth-order valence-corrected chi connectivity index (χ4v) is 2.79. The monoisotopic (exact) mass is 350 g/mol. The number of aromatic nitrogens is 5. The van der Waals surface area contributed by atoms with Gasteiger partial charge in [0.15, 0.2) is 0 Å². The summed E-state index contributed by atoms with van der Waals surface area (Å²) >= 11 is 0. The molecule has 0 bridgehead atoms. The molecule has 0 saturated carbocycles. The van der Waals surface area contributed by atoms with E-state index in [4.69, 9.17) is 0 Å². The molecule has 0 saturated heterocycles. The average molecular weight is 350 g/mol. The van der Waals surface area contributed by atoms with Gasteiger partial charge in [-0.25, -0.2) is 15.0 Å². The van der Waals surface area contributed by atoms with Crippen molar-refractivity contribution >= 4 is 5.91 Å². The Morgan fingerprint density at radius 2 is 1.96 bits per heavy atom. The van der Waals surface area contributed by atoms with Gasteiger partial charge < -0.3 is 5.32 Å². The molecule has 2 heterocycles. The Hall–Kier alpha value is -3.09. The average Bonchev–Trinajstić information content (AvgIpc) is 3.07. The van der Waals surface area contributed by atoms with Crippen LogP contribution < -0.4 is 5.32 Å². The van der Waals surface area contributed by atoms with Crippen LogP contribution in [0.5, 0.6) is 0 Å². The van der Waals surface area contributed by atoms with Gasteiger partial charge in [0.1, 0.15) is 18.0 Å². The number of rotatable bonds is 5. The maximum absolute atomic E-state index is 12.5. The zero-order valence-electron chi connectivity index (χ0n) is 15.4. The molecule has 3 aromatic rings. The lowest BCUT2D eigenvalue weighted by Crippen LogP contribution is -2.28. The lowest BCUT2D eigenvalue weighted by Gasteiger charge is -2.13. The molecule has 0 radical (unpaired) electrons. The van der Waals surface area contributed by atoms with Crippen LogP contribution in [-0.4, -0.2) is 30.6 Å². The first kappa shape index (κ1) is 17.7. The Bertz CT molecular complexity index is 916. The molecular weight excluding hydrogens is 328 g/mol. The summed E-state index contributed by atoms with van der Waals surface area (Å²) < 4.78 is 1.65. The highest BCUT2D eigenvalue weighted by Gasteiger charge is 2.15. The van der Waals surface area contributed by atoms with Crippen LogP contribution in [0.4, 0.5) is 0 Å². The highest BCUT2D eigenvalue weighted by Crippen LogP contribution is 2.19. The van der Waals surface area contributed by atoms with E-state index in [0.717, 1.165) is 29.2 Å². The van der Waals surface area contributed by atoms with Crippen LogP contribution in [0.15, 0.2) is 36.7 Å². The minimum absolute atomic E-state index is 0.153. The molecule has 0 aliphatic rings. The summed E-state index contributed by atoms with van der Waals surface area (Å²) in [6, 6.07) is 9.17. The molecule has 0 spiro atoms. The van der Waals surface area contributed by atoms with Crippen LogP contribution >= 0.6 is 0 Å². The normalized spacial score (nSPS) is 12.0. The third-order valence-electron chi connectivity index (χ3n) is 4.18. The summed E-state index contributed by atoms with van der Waals surface area (Å²) in [5, 5.41) is 6.96. The molecule has 1 unspecified atom stereocenters. The number of nitrogens with one attached hydrogen (secondary N) is 1. The van der Waals surface area contributed by atoms with Gasteiger partial charge in [0, 0.05) is 23.9 Å². The van der Waals surface area contributed by atoms with E-state index in [1.54, 1.807) is 23.9 Å². The number of carbonyl (C=O) groups is 1. The maximum atomic E-state index is 12.5. The molecule has 7 nitrogen and oxygen atoms in total. The summed E-state index contributed by atoms with van der Waals surface area (Å²) in [7, 11) is 1.80. The summed E-state index contributed by atoms with van der Waals surface area (Å²) in [5.41, 5.74) is 3.42. The summed E-state index contributed by atoms with van der Waals surface area (Å²) in [5.74, 6) is 1.30. The standard InChI is InChI=1S/C19H22N6O/c1-5-16-10-17(24-13(3)23-16)14-6-8-15(9-7-14)19(26)22-12(2)18-20-11-21-25(18)4/h6-12H,5H2,1-4H3,(H,22,26). The van der Waals surface area contributed by atoms with Crippen LogP contribution in [-0.2, 0) is 13.5 Å². The van der Waals surface area contributed by atoms with Crippen molar-refractivity contribution in [3.63, 3.8) is 0 Å². The lowest BCUT2D eigenvalue weighted by molar-refractivity contribution is 0.0937. The third-order valence-corrected chi connectivity index (χ3v) is 4.18. The fraction of sp³-hybridized carbons (Fsp3) is 0.316. The van der Waals surface area contributed by atoms with E-state index in [-0.39, 0.29) is 11.9 Å². The smallest absolute Gasteiger partial charge is 0.251 e. The van der Waals surface area contributed by atoms with E-state index in [0.29, 0.717) is 11.4 Å². The molecule has 1 N–H and O–H groups in total. The Morgan fingerprint density at radius 1 is 1.23 bits per heavy atom. The first-order chi connectivity index (χ1) is 12.5.